The first-order chi connectivity index (χ1) is 9.24. The van der Waals surface area contributed by atoms with E-state index in [9.17, 15) is 8.78 Å². The summed E-state index contributed by atoms with van der Waals surface area (Å²) >= 11 is 0. The normalized spacial score (nSPS) is 20.3. The van der Waals surface area contributed by atoms with Gasteiger partial charge in [-0.05, 0) is 50.0 Å². The van der Waals surface area contributed by atoms with Crippen LogP contribution in [0.2, 0.25) is 0 Å². The highest BCUT2D eigenvalue weighted by atomic mass is 19.3. The Balaban J connectivity index is 1.78. The van der Waals surface area contributed by atoms with Crippen LogP contribution in [-0.4, -0.2) is 25.7 Å². The van der Waals surface area contributed by atoms with Gasteiger partial charge in [0.15, 0.2) is 0 Å². The SMILES string of the molecule is FC(F)Oc1ccc(CNC2CCCNCC2)cc1. The highest BCUT2D eigenvalue weighted by Crippen LogP contribution is 2.15. The topological polar surface area (TPSA) is 33.3 Å². The molecule has 19 heavy (non-hydrogen) atoms. The number of hydrogen-bond donors (Lipinski definition) is 2. The van der Waals surface area contributed by atoms with Crippen LogP contribution >= 0.6 is 0 Å². The van der Waals surface area contributed by atoms with E-state index in [-0.39, 0.29) is 5.75 Å². The van der Waals surface area contributed by atoms with Gasteiger partial charge in [-0.1, -0.05) is 12.1 Å². The zero-order valence-electron chi connectivity index (χ0n) is 10.9. The van der Waals surface area contributed by atoms with Crippen LogP contribution in [0.3, 0.4) is 0 Å². The van der Waals surface area contributed by atoms with Crippen molar-refractivity contribution < 1.29 is 13.5 Å². The predicted molar refractivity (Wildman–Crippen MR) is 70.4 cm³/mol. The van der Waals surface area contributed by atoms with Crippen LogP contribution in [0.5, 0.6) is 5.75 Å². The minimum atomic E-state index is -2.76. The maximum atomic E-state index is 12.0. The van der Waals surface area contributed by atoms with E-state index >= 15 is 0 Å². The Kier molecular flexibility index (Phi) is 5.54. The van der Waals surface area contributed by atoms with Gasteiger partial charge in [0.1, 0.15) is 5.75 Å². The second-order valence-electron chi connectivity index (χ2n) is 4.78. The Hall–Kier alpha value is -1.20. The van der Waals surface area contributed by atoms with Gasteiger partial charge in [-0.2, -0.15) is 8.78 Å². The van der Waals surface area contributed by atoms with Gasteiger partial charge >= 0.3 is 6.61 Å². The van der Waals surface area contributed by atoms with Gasteiger partial charge in [0, 0.05) is 12.6 Å². The molecule has 0 bridgehead atoms. The fourth-order valence-corrected chi connectivity index (χ4v) is 2.27. The number of benzene rings is 1. The molecule has 0 aliphatic carbocycles. The second kappa shape index (κ2) is 7.40. The second-order valence-corrected chi connectivity index (χ2v) is 4.78. The molecular weight excluding hydrogens is 250 g/mol. The first-order valence-corrected chi connectivity index (χ1v) is 6.72. The molecule has 0 amide bonds. The molecule has 2 rings (SSSR count). The lowest BCUT2D eigenvalue weighted by Gasteiger charge is -2.16. The van der Waals surface area contributed by atoms with Crippen molar-refractivity contribution in [3.05, 3.63) is 29.8 Å². The molecule has 1 aliphatic rings. The zero-order valence-corrected chi connectivity index (χ0v) is 10.9. The Morgan fingerprint density at radius 1 is 1.21 bits per heavy atom. The molecule has 0 radical (unpaired) electrons. The molecular formula is C14H20F2N2O. The molecule has 1 saturated heterocycles. The molecule has 1 aliphatic heterocycles. The van der Waals surface area contributed by atoms with Gasteiger partial charge < -0.3 is 15.4 Å². The fourth-order valence-electron chi connectivity index (χ4n) is 2.27. The summed E-state index contributed by atoms with van der Waals surface area (Å²) in [5.74, 6) is 0.206. The quantitative estimate of drug-likeness (QED) is 0.862. The van der Waals surface area contributed by atoms with E-state index in [1.807, 2.05) is 12.1 Å². The molecule has 0 saturated carbocycles. The maximum absolute atomic E-state index is 12.0. The third-order valence-electron chi connectivity index (χ3n) is 3.32. The van der Waals surface area contributed by atoms with E-state index in [0.717, 1.165) is 31.6 Å². The Morgan fingerprint density at radius 3 is 2.74 bits per heavy atom. The van der Waals surface area contributed by atoms with Crippen LogP contribution in [-0.2, 0) is 6.54 Å². The van der Waals surface area contributed by atoms with Crippen molar-refractivity contribution in [3.8, 4) is 5.75 Å². The van der Waals surface area contributed by atoms with Crippen molar-refractivity contribution in [1.82, 2.24) is 10.6 Å². The van der Waals surface area contributed by atoms with Crippen LogP contribution in [0.25, 0.3) is 0 Å². The summed E-state index contributed by atoms with van der Waals surface area (Å²) in [5.41, 5.74) is 1.08. The van der Waals surface area contributed by atoms with Crippen molar-refractivity contribution in [2.45, 2.75) is 38.5 Å². The molecule has 2 N–H and O–H groups in total. The number of alkyl halides is 2. The minimum absolute atomic E-state index is 0.206. The summed E-state index contributed by atoms with van der Waals surface area (Å²) < 4.78 is 28.3. The van der Waals surface area contributed by atoms with Crippen molar-refractivity contribution in [1.29, 1.82) is 0 Å². The standard InChI is InChI=1S/C14H20F2N2O/c15-14(16)19-13-5-3-11(4-6-13)10-18-12-2-1-8-17-9-7-12/h3-6,12,14,17-18H,1-2,7-10H2. The monoisotopic (exact) mass is 270 g/mol. The average molecular weight is 270 g/mol. The summed E-state index contributed by atoms with van der Waals surface area (Å²) in [5, 5.41) is 6.88. The molecule has 1 unspecified atom stereocenters. The highest BCUT2D eigenvalue weighted by molar-refractivity contribution is 5.27. The molecule has 1 fully saturated rings. The molecule has 5 heteroatoms. The third kappa shape index (κ3) is 5.12. The maximum Gasteiger partial charge on any atom is 0.387 e. The first kappa shape index (κ1) is 14.2. The van der Waals surface area contributed by atoms with Gasteiger partial charge in [0.25, 0.3) is 0 Å². The van der Waals surface area contributed by atoms with Gasteiger partial charge in [-0.15, -0.1) is 0 Å². The van der Waals surface area contributed by atoms with Crippen molar-refractivity contribution in [2.24, 2.45) is 0 Å². The van der Waals surface area contributed by atoms with Gasteiger partial charge in [0.05, 0.1) is 0 Å². The molecule has 3 nitrogen and oxygen atoms in total. The lowest BCUT2D eigenvalue weighted by Crippen LogP contribution is -2.29. The Bertz CT molecular complexity index is 362. The summed E-state index contributed by atoms with van der Waals surface area (Å²) in [6, 6.07) is 7.33. The highest BCUT2D eigenvalue weighted by Gasteiger charge is 2.11. The van der Waals surface area contributed by atoms with Gasteiger partial charge in [-0.25, -0.2) is 0 Å². The summed E-state index contributed by atoms with van der Waals surface area (Å²) in [6.07, 6.45) is 3.50. The minimum Gasteiger partial charge on any atom is -0.435 e. The van der Waals surface area contributed by atoms with E-state index in [0.29, 0.717) is 6.04 Å². The molecule has 0 spiro atoms. The first-order valence-electron chi connectivity index (χ1n) is 6.72. The summed E-state index contributed by atoms with van der Waals surface area (Å²) in [6.45, 7) is 0.151. The zero-order chi connectivity index (χ0) is 13.5. The van der Waals surface area contributed by atoms with Crippen LogP contribution in [0.1, 0.15) is 24.8 Å². The molecule has 1 heterocycles. The van der Waals surface area contributed by atoms with Crippen LogP contribution in [0.15, 0.2) is 24.3 Å². The van der Waals surface area contributed by atoms with E-state index < -0.39 is 6.61 Å². The predicted octanol–water partition coefficient (Wildman–Crippen LogP) is 2.52. The lowest BCUT2D eigenvalue weighted by molar-refractivity contribution is -0.0498. The lowest BCUT2D eigenvalue weighted by atomic mass is 10.1. The molecule has 1 aromatic carbocycles. The number of hydrogen-bond acceptors (Lipinski definition) is 3. The Morgan fingerprint density at radius 2 is 2.00 bits per heavy atom. The number of nitrogens with one attached hydrogen (secondary N) is 2. The van der Waals surface area contributed by atoms with Crippen LogP contribution in [0, 0.1) is 0 Å². The smallest absolute Gasteiger partial charge is 0.387 e. The molecule has 1 aromatic rings. The average Bonchev–Trinajstić information content (AvgIpc) is 2.66. The number of ether oxygens (including phenoxy) is 1. The molecule has 1 atom stereocenters. The van der Waals surface area contributed by atoms with E-state index in [2.05, 4.69) is 15.4 Å². The van der Waals surface area contributed by atoms with Gasteiger partial charge in [-0.3, -0.25) is 0 Å². The van der Waals surface area contributed by atoms with Crippen LogP contribution in [0.4, 0.5) is 8.78 Å². The number of rotatable bonds is 5. The van der Waals surface area contributed by atoms with Crippen LogP contribution < -0.4 is 15.4 Å². The summed E-state index contributed by atoms with van der Waals surface area (Å²) in [4.78, 5) is 0. The Labute approximate surface area is 112 Å². The van der Waals surface area contributed by atoms with Crippen molar-refractivity contribution in [3.63, 3.8) is 0 Å². The number of halogens is 2. The van der Waals surface area contributed by atoms with E-state index in [4.69, 9.17) is 0 Å². The van der Waals surface area contributed by atoms with E-state index in [1.54, 1.807) is 12.1 Å². The van der Waals surface area contributed by atoms with Gasteiger partial charge in [0.2, 0.25) is 0 Å². The van der Waals surface area contributed by atoms with E-state index in [1.165, 1.54) is 12.8 Å². The fraction of sp³-hybridized carbons (Fsp3) is 0.571. The molecule has 106 valence electrons. The largest absolute Gasteiger partial charge is 0.435 e. The third-order valence-corrected chi connectivity index (χ3v) is 3.32. The summed E-state index contributed by atoms with van der Waals surface area (Å²) in [7, 11) is 0. The molecule has 0 aromatic heterocycles. The van der Waals surface area contributed by atoms with Crippen molar-refractivity contribution >= 4 is 0 Å². The van der Waals surface area contributed by atoms with Crippen molar-refractivity contribution in [2.75, 3.05) is 13.1 Å².